The summed E-state index contributed by atoms with van der Waals surface area (Å²) in [5, 5.41) is 2.88. The number of benzene rings is 3. The first-order chi connectivity index (χ1) is 26.0. The molecular weight excluding hydrogens is 690 g/mol. The van der Waals surface area contributed by atoms with Crippen LogP contribution in [0.5, 0.6) is 6.01 Å². The van der Waals surface area contributed by atoms with E-state index in [9.17, 15) is 4.79 Å². The molecule has 12 heteroatoms. The predicted molar refractivity (Wildman–Crippen MR) is 206 cm³/mol. The first kappa shape index (κ1) is 35.4. The molecule has 1 amide bonds. The van der Waals surface area contributed by atoms with E-state index in [0.29, 0.717) is 38.2 Å². The van der Waals surface area contributed by atoms with Crippen LogP contribution in [-0.2, 0) is 29.0 Å². The third-order valence-electron chi connectivity index (χ3n) is 11.2. The van der Waals surface area contributed by atoms with E-state index in [-0.39, 0.29) is 25.3 Å². The van der Waals surface area contributed by atoms with Gasteiger partial charge in [-0.1, -0.05) is 66.2 Å². The first-order valence-corrected chi connectivity index (χ1v) is 19.3. The Bertz CT molecular complexity index is 1940. The van der Waals surface area contributed by atoms with E-state index in [0.717, 1.165) is 109 Å². The molecule has 3 aromatic carbocycles. The summed E-state index contributed by atoms with van der Waals surface area (Å²) in [7, 11) is 0. The summed E-state index contributed by atoms with van der Waals surface area (Å²) in [6, 6.07) is 22.6. The number of hydrogen-bond acceptors (Lipinski definition) is 9. The van der Waals surface area contributed by atoms with Gasteiger partial charge >= 0.3 is 12.1 Å². The van der Waals surface area contributed by atoms with Gasteiger partial charge in [0.1, 0.15) is 24.6 Å². The van der Waals surface area contributed by atoms with Crippen molar-refractivity contribution in [2.24, 2.45) is 0 Å². The Kier molecular flexibility index (Phi) is 10.8. The van der Waals surface area contributed by atoms with Gasteiger partial charge in [-0.2, -0.15) is 9.97 Å². The second kappa shape index (κ2) is 16.2. The van der Waals surface area contributed by atoms with Crippen LogP contribution < -0.4 is 14.5 Å². The van der Waals surface area contributed by atoms with Gasteiger partial charge in [0.25, 0.3) is 0 Å². The molecule has 8 rings (SSSR count). The lowest BCUT2D eigenvalue weighted by Gasteiger charge is -2.41. The lowest BCUT2D eigenvalue weighted by Crippen LogP contribution is -2.57. The van der Waals surface area contributed by atoms with Crippen LogP contribution in [0.15, 0.2) is 66.7 Å². The number of piperazine rings is 1. The largest absolute Gasteiger partial charge is 0.460 e. The third kappa shape index (κ3) is 7.86. The molecule has 4 aliphatic heterocycles. The number of carbonyl (C=O) groups excluding carboxylic acids is 1. The molecule has 0 aliphatic carbocycles. The highest BCUT2D eigenvalue weighted by Gasteiger charge is 2.37. The maximum Gasteiger partial charge on any atom is 0.410 e. The monoisotopic (exact) mass is 735 g/mol. The number of aromatic nitrogens is 2. The van der Waals surface area contributed by atoms with Gasteiger partial charge in [-0.15, -0.1) is 0 Å². The highest BCUT2D eigenvalue weighted by Crippen LogP contribution is 2.37. The number of likely N-dealkylation sites (tertiary alicyclic amines) is 1. The lowest BCUT2D eigenvalue weighted by molar-refractivity contribution is 0.00868. The van der Waals surface area contributed by atoms with E-state index >= 15 is 0 Å². The number of rotatable bonds is 8. The van der Waals surface area contributed by atoms with Crippen LogP contribution in [0.4, 0.5) is 16.3 Å². The van der Waals surface area contributed by atoms with E-state index in [1.54, 1.807) is 4.90 Å². The SMILES string of the molecule is [C-]#[N+]C[C@H]1CN(c2nc(OC3CCN(C4CCOCC4)CC3)nc3c2CCN(c2cccc4cccc(Cl)c24)C3)CCN1C(=O)OCc1ccccc1. The van der Waals surface area contributed by atoms with Crippen LogP contribution in [0, 0.1) is 6.57 Å². The summed E-state index contributed by atoms with van der Waals surface area (Å²) >= 11 is 6.78. The highest BCUT2D eigenvalue weighted by atomic mass is 35.5. The molecule has 4 aliphatic rings. The van der Waals surface area contributed by atoms with Crippen molar-refractivity contribution in [3.63, 3.8) is 0 Å². The highest BCUT2D eigenvalue weighted by molar-refractivity contribution is 6.36. The van der Waals surface area contributed by atoms with Gasteiger partial charge in [0.15, 0.2) is 0 Å². The number of piperidine rings is 1. The zero-order chi connectivity index (χ0) is 36.1. The zero-order valence-electron chi connectivity index (χ0n) is 30.0. The molecule has 3 fully saturated rings. The quantitative estimate of drug-likeness (QED) is 0.186. The second-order valence-electron chi connectivity index (χ2n) is 14.4. The molecule has 0 N–H and O–H groups in total. The van der Waals surface area contributed by atoms with E-state index in [1.165, 1.54) is 0 Å². The summed E-state index contributed by atoms with van der Waals surface area (Å²) in [6.45, 7) is 14.6. The smallest absolute Gasteiger partial charge is 0.410 e. The van der Waals surface area contributed by atoms with Gasteiger partial charge in [0.05, 0.1) is 17.3 Å². The number of amides is 1. The number of hydrogen-bond donors (Lipinski definition) is 0. The number of halogens is 1. The van der Waals surface area contributed by atoms with Crippen molar-refractivity contribution in [1.29, 1.82) is 0 Å². The molecule has 0 bridgehead atoms. The van der Waals surface area contributed by atoms with Gasteiger partial charge < -0.3 is 28.9 Å². The molecule has 0 unspecified atom stereocenters. The van der Waals surface area contributed by atoms with Crippen LogP contribution in [0.25, 0.3) is 15.6 Å². The summed E-state index contributed by atoms with van der Waals surface area (Å²) < 4.78 is 18.0. The Morgan fingerprint density at radius 1 is 0.906 bits per heavy atom. The Morgan fingerprint density at radius 2 is 1.70 bits per heavy atom. The number of nitrogens with zero attached hydrogens (tertiary/aromatic N) is 7. The van der Waals surface area contributed by atoms with Crippen LogP contribution >= 0.6 is 11.6 Å². The number of ether oxygens (including phenoxy) is 3. The van der Waals surface area contributed by atoms with Gasteiger partial charge in [0, 0.05) is 75.2 Å². The van der Waals surface area contributed by atoms with Gasteiger partial charge in [-0.3, -0.25) is 9.80 Å². The average Bonchev–Trinajstić information content (AvgIpc) is 3.20. The fourth-order valence-corrected chi connectivity index (χ4v) is 8.64. The van der Waals surface area contributed by atoms with Crippen LogP contribution in [0.3, 0.4) is 0 Å². The van der Waals surface area contributed by atoms with E-state index in [2.05, 4.69) is 43.8 Å². The molecule has 0 spiro atoms. The Morgan fingerprint density at radius 3 is 2.49 bits per heavy atom. The molecule has 5 heterocycles. The van der Waals surface area contributed by atoms with E-state index in [1.807, 2.05) is 42.5 Å². The normalized spacial score (nSPS) is 20.2. The molecular formula is C41H46ClN7O4. The summed E-state index contributed by atoms with van der Waals surface area (Å²) in [6.07, 6.45) is 4.39. The maximum atomic E-state index is 13.3. The average molecular weight is 736 g/mol. The Balaban J connectivity index is 1.05. The zero-order valence-corrected chi connectivity index (χ0v) is 30.8. The minimum Gasteiger partial charge on any atom is -0.460 e. The number of fused-ring (bicyclic) bond motifs is 2. The van der Waals surface area contributed by atoms with Crippen LogP contribution in [-0.4, -0.2) is 103 Å². The maximum absolute atomic E-state index is 13.3. The van der Waals surface area contributed by atoms with Crippen molar-refractivity contribution in [3.05, 3.63) is 100.0 Å². The minimum absolute atomic E-state index is 0.0275. The molecule has 53 heavy (non-hydrogen) atoms. The summed E-state index contributed by atoms with van der Waals surface area (Å²) in [5.74, 6) is 0.840. The topological polar surface area (TPSA) is 87.9 Å². The molecule has 276 valence electrons. The van der Waals surface area contributed by atoms with Gasteiger partial charge in [-0.25, -0.2) is 11.4 Å². The fraction of sp³-hybridized carbons (Fsp3) is 0.463. The van der Waals surface area contributed by atoms with Crippen molar-refractivity contribution in [3.8, 4) is 6.01 Å². The molecule has 3 saturated heterocycles. The molecule has 0 saturated carbocycles. The molecule has 4 aromatic rings. The van der Waals surface area contributed by atoms with E-state index in [4.69, 9.17) is 42.4 Å². The molecule has 0 radical (unpaired) electrons. The van der Waals surface area contributed by atoms with Gasteiger partial charge in [0.2, 0.25) is 6.54 Å². The van der Waals surface area contributed by atoms with E-state index < -0.39 is 6.09 Å². The first-order valence-electron chi connectivity index (χ1n) is 18.9. The molecule has 1 atom stereocenters. The number of carbonyl (C=O) groups is 1. The van der Waals surface area contributed by atoms with Crippen LogP contribution in [0.2, 0.25) is 5.02 Å². The minimum atomic E-state index is -0.396. The molecule has 1 aromatic heterocycles. The standard InChI is InChI=1S/C41H46ClN7O4/c1-43-25-32-26-48(21-22-49(32)41(50)52-28-29-7-3-2-4-8-29)39-34-15-20-47(37-12-6-10-30-9-5-11-35(42)38(30)37)27-36(34)44-40(45-39)53-33-13-18-46(19-14-33)31-16-23-51-24-17-31/h2-12,31-33H,13-28H2/t32-/m0/s1. The second-order valence-corrected chi connectivity index (χ2v) is 14.8. The molecule has 11 nitrogen and oxygen atoms in total. The Hall–Kier alpha value is -4.63. The third-order valence-corrected chi connectivity index (χ3v) is 11.5. The predicted octanol–water partition coefficient (Wildman–Crippen LogP) is 6.61. The van der Waals surface area contributed by atoms with Crippen molar-refractivity contribution < 1.29 is 19.0 Å². The van der Waals surface area contributed by atoms with Crippen molar-refractivity contribution in [2.45, 2.75) is 63.4 Å². The van der Waals surface area contributed by atoms with Crippen molar-refractivity contribution >= 4 is 40.0 Å². The number of anilines is 2. The van der Waals surface area contributed by atoms with Crippen LogP contribution in [0.1, 0.15) is 42.5 Å². The van der Waals surface area contributed by atoms with Gasteiger partial charge in [-0.05, 0) is 55.2 Å². The fourth-order valence-electron chi connectivity index (χ4n) is 8.36. The lowest BCUT2D eigenvalue weighted by atomic mass is 10.0. The summed E-state index contributed by atoms with van der Waals surface area (Å²) in [4.78, 5) is 36.2. The Labute approximate surface area is 316 Å². The van der Waals surface area contributed by atoms with Crippen molar-refractivity contribution in [1.82, 2.24) is 19.8 Å². The summed E-state index contributed by atoms with van der Waals surface area (Å²) in [5.41, 5.74) is 4.04. The van der Waals surface area contributed by atoms with Crippen molar-refractivity contribution in [2.75, 3.05) is 68.8 Å².